The fourth-order valence-corrected chi connectivity index (χ4v) is 2.18. The molecule has 0 aromatic carbocycles. The number of nitrogens with zero attached hydrogens (tertiary/aromatic N) is 3. The Morgan fingerprint density at radius 3 is 3.05 bits per heavy atom. The molecule has 1 aromatic heterocycles. The van der Waals surface area contributed by atoms with Crippen LogP contribution in [0.5, 0.6) is 0 Å². The van der Waals surface area contributed by atoms with Gasteiger partial charge in [0.2, 0.25) is 11.8 Å². The van der Waals surface area contributed by atoms with Gasteiger partial charge in [-0.15, -0.1) is 0 Å². The third kappa shape index (κ3) is 3.18. The largest absolute Gasteiger partial charge is 0.368 e. The number of amides is 2. The zero-order valence-corrected chi connectivity index (χ0v) is 10.8. The fourth-order valence-electron chi connectivity index (χ4n) is 2.18. The summed E-state index contributed by atoms with van der Waals surface area (Å²) in [6, 6.07) is 1.22. The molecule has 2 rings (SSSR count). The van der Waals surface area contributed by atoms with E-state index in [2.05, 4.69) is 15.3 Å². The van der Waals surface area contributed by atoms with Crippen molar-refractivity contribution < 1.29 is 9.59 Å². The van der Waals surface area contributed by atoms with Crippen LogP contribution in [-0.4, -0.2) is 45.8 Å². The van der Waals surface area contributed by atoms with E-state index in [4.69, 9.17) is 5.73 Å². The SMILES string of the molecule is Cc1nccc(NCC(=O)N2CCCC2C(N)=O)n1. The van der Waals surface area contributed by atoms with Crippen molar-refractivity contribution in [1.29, 1.82) is 0 Å². The lowest BCUT2D eigenvalue weighted by molar-refractivity contribution is -0.135. The van der Waals surface area contributed by atoms with Gasteiger partial charge in [0.15, 0.2) is 0 Å². The Morgan fingerprint density at radius 2 is 2.37 bits per heavy atom. The van der Waals surface area contributed by atoms with Crippen molar-refractivity contribution in [3.05, 3.63) is 18.1 Å². The molecule has 1 aromatic rings. The molecule has 1 aliphatic heterocycles. The molecular formula is C12H17N5O2. The van der Waals surface area contributed by atoms with Gasteiger partial charge in [-0.25, -0.2) is 9.97 Å². The molecule has 0 aliphatic carbocycles. The number of carbonyl (C=O) groups excluding carboxylic acids is 2. The number of primary amides is 1. The molecule has 2 heterocycles. The fraction of sp³-hybridized carbons (Fsp3) is 0.500. The first-order valence-electron chi connectivity index (χ1n) is 6.20. The number of aryl methyl sites for hydroxylation is 1. The van der Waals surface area contributed by atoms with E-state index < -0.39 is 11.9 Å². The summed E-state index contributed by atoms with van der Waals surface area (Å²) >= 11 is 0. The number of likely N-dealkylation sites (tertiary alicyclic amines) is 1. The molecule has 1 saturated heterocycles. The molecule has 0 radical (unpaired) electrons. The van der Waals surface area contributed by atoms with E-state index in [1.54, 1.807) is 19.2 Å². The van der Waals surface area contributed by atoms with Crippen LogP contribution in [0.4, 0.5) is 5.82 Å². The molecular weight excluding hydrogens is 246 g/mol. The second-order valence-electron chi connectivity index (χ2n) is 4.49. The Kier molecular flexibility index (Phi) is 3.94. The molecule has 19 heavy (non-hydrogen) atoms. The topological polar surface area (TPSA) is 101 Å². The highest BCUT2D eigenvalue weighted by Crippen LogP contribution is 2.16. The van der Waals surface area contributed by atoms with Gasteiger partial charge in [0.25, 0.3) is 0 Å². The predicted molar refractivity (Wildman–Crippen MR) is 69.2 cm³/mol. The van der Waals surface area contributed by atoms with E-state index in [0.717, 1.165) is 6.42 Å². The third-order valence-electron chi connectivity index (χ3n) is 3.10. The summed E-state index contributed by atoms with van der Waals surface area (Å²) < 4.78 is 0. The minimum atomic E-state index is -0.471. The first-order chi connectivity index (χ1) is 9.08. The van der Waals surface area contributed by atoms with E-state index >= 15 is 0 Å². The van der Waals surface area contributed by atoms with Gasteiger partial charge in [0.05, 0.1) is 6.54 Å². The molecule has 1 fully saturated rings. The molecule has 0 spiro atoms. The van der Waals surface area contributed by atoms with Crippen LogP contribution in [0, 0.1) is 6.92 Å². The lowest BCUT2D eigenvalue weighted by Gasteiger charge is -2.22. The van der Waals surface area contributed by atoms with Gasteiger partial charge in [-0.1, -0.05) is 0 Å². The standard InChI is InChI=1S/C12H17N5O2/c1-8-14-5-4-10(16-8)15-7-11(18)17-6-2-3-9(17)12(13)19/h4-5,9H,2-3,6-7H2,1H3,(H2,13,19)(H,14,15,16). The van der Waals surface area contributed by atoms with E-state index in [0.29, 0.717) is 24.6 Å². The summed E-state index contributed by atoms with van der Waals surface area (Å²) in [6.45, 7) is 2.45. The van der Waals surface area contributed by atoms with Crippen molar-refractivity contribution in [2.45, 2.75) is 25.8 Å². The second kappa shape index (κ2) is 5.64. The van der Waals surface area contributed by atoms with E-state index in [9.17, 15) is 9.59 Å². The smallest absolute Gasteiger partial charge is 0.242 e. The predicted octanol–water partition coefficient (Wildman–Crippen LogP) is -0.327. The molecule has 1 unspecified atom stereocenters. The molecule has 0 bridgehead atoms. The number of aromatic nitrogens is 2. The van der Waals surface area contributed by atoms with Crippen LogP contribution in [0.15, 0.2) is 12.3 Å². The summed E-state index contributed by atoms with van der Waals surface area (Å²) in [5.74, 6) is 0.644. The number of nitrogens with two attached hydrogens (primary N) is 1. The third-order valence-corrected chi connectivity index (χ3v) is 3.10. The number of nitrogens with one attached hydrogen (secondary N) is 1. The Bertz CT molecular complexity index is 491. The Hall–Kier alpha value is -2.18. The average molecular weight is 263 g/mol. The van der Waals surface area contributed by atoms with E-state index in [-0.39, 0.29) is 12.5 Å². The molecule has 3 N–H and O–H groups in total. The van der Waals surface area contributed by atoms with Crippen LogP contribution in [0.25, 0.3) is 0 Å². The van der Waals surface area contributed by atoms with Crippen molar-refractivity contribution >= 4 is 17.6 Å². The van der Waals surface area contributed by atoms with Gasteiger partial charge in [0, 0.05) is 12.7 Å². The van der Waals surface area contributed by atoms with E-state index in [1.807, 2.05) is 0 Å². The van der Waals surface area contributed by atoms with Gasteiger partial charge >= 0.3 is 0 Å². The number of carbonyl (C=O) groups is 2. The Labute approximate surface area is 111 Å². The van der Waals surface area contributed by atoms with Crippen LogP contribution in [-0.2, 0) is 9.59 Å². The van der Waals surface area contributed by atoms with Gasteiger partial charge in [-0.2, -0.15) is 0 Å². The maximum atomic E-state index is 12.0. The number of anilines is 1. The molecule has 0 saturated carbocycles. The van der Waals surface area contributed by atoms with Gasteiger partial charge < -0.3 is 16.0 Å². The number of hydrogen-bond donors (Lipinski definition) is 2. The number of hydrogen-bond acceptors (Lipinski definition) is 5. The summed E-state index contributed by atoms with van der Waals surface area (Å²) in [5, 5.41) is 2.93. The highest BCUT2D eigenvalue weighted by atomic mass is 16.2. The molecule has 7 nitrogen and oxygen atoms in total. The molecule has 1 aliphatic rings. The lowest BCUT2D eigenvalue weighted by Crippen LogP contribution is -2.45. The van der Waals surface area contributed by atoms with Gasteiger partial charge in [-0.3, -0.25) is 9.59 Å². The van der Waals surface area contributed by atoms with Crippen LogP contribution in [0.2, 0.25) is 0 Å². The van der Waals surface area contributed by atoms with Crippen molar-refractivity contribution in [3.63, 3.8) is 0 Å². The molecule has 7 heteroatoms. The molecule has 102 valence electrons. The Balaban J connectivity index is 1.92. The monoisotopic (exact) mass is 263 g/mol. The van der Waals surface area contributed by atoms with Crippen molar-refractivity contribution in [1.82, 2.24) is 14.9 Å². The normalized spacial score (nSPS) is 18.4. The minimum absolute atomic E-state index is 0.0975. The summed E-state index contributed by atoms with van der Waals surface area (Å²) in [5.41, 5.74) is 5.28. The average Bonchev–Trinajstić information content (AvgIpc) is 2.85. The van der Waals surface area contributed by atoms with Gasteiger partial charge in [0.1, 0.15) is 17.7 Å². The number of rotatable bonds is 4. The first kappa shape index (κ1) is 13.3. The van der Waals surface area contributed by atoms with E-state index in [1.165, 1.54) is 4.90 Å². The Morgan fingerprint density at radius 1 is 1.58 bits per heavy atom. The molecule has 2 amide bonds. The maximum Gasteiger partial charge on any atom is 0.242 e. The van der Waals surface area contributed by atoms with Crippen LogP contribution in [0.3, 0.4) is 0 Å². The highest BCUT2D eigenvalue weighted by molar-refractivity contribution is 5.88. The zero-order chi connectivity index (χ0) is 13.8. The van der Waals surface area contributed by atoms with Crippen LogP contribution >= 0.6 is 0 Å². The highest BCUT2D eigenvalue weighted by Gasteiger charge is 2.32. The van der Waals surface area contributed by atoms with Gasteiger partial charge in [-0.05, 0) is 25.8 Å². The molecule has 1 atom stereocenters. The van der Waals surface area contributed by atoms with Crippen LogP contribution < -0.4 is 11.1 Å². The quantitative estimate of drug-likeness (QED) is 0.774. The lowest BCUT2D eigenvalue weighted by atomic mass is 10.2. The van der Waals surface area contributed by atoms with Crippen molar-refractivity contribution in [2.24, 2.45) is 5.73 Å². The summed E-state index contributed by atoms with van der Waals surface area (Å²) in [4.78, 5) is 32.9. The van der Waals surface area contributed by atoms with Crippen molar-refractivity contribution in [3.8, 4) is 0 Å². The maximum absolute atomic E-state index is 12.0. The zero-order valence-electron chi connectivity index (χ0n) is 10.8. The van der Waals surface area contributed by atoms with Crippen LogP contribution in [0.1, 0.15) is 18.7 Å². The minimum Gasteiger partial charge on any atom is -0.368 e. The first-order valence-corrected chi connectivity index (χ1v) is 6.20. The summed E-state index contributed by atoms with van der Waals surface area (Å²) in [6.07, 6.45) is 3.08. The van der Waals surface area contributed by atoms with Crippen molar-refractivity contribution in [2.75, 3.05) is 18.4 Å². The second-order valence-corrected chi connectivity index (χ2v) is 4.49. The summed E-state index contributed by atoms with van der Waals surface area (Å²) in [7, 11) is 0.